The largest absolute Gasteiger partial charge is 0.320 e. The number of rotatable bonds is 3. The molecule has 1 aromatic carbocycles. The Morgan fingerprint density at radius 1 is 1.40 bits per heavy atom. The second-order valence-electron chi connectivity index (χ2n) is 4.54. The highest BCUT2D eigenvalue weighted by atomic mass is 32.2. The van der Waals surface area contributed by atoms with E-state index >= 15 is 0 Å². The van der Waals surface area contributed by atoms with E-state index in [1.165, 1.54) is 0 Å². The van der Waals surface area contributed by atoms with Crippen LogP contribution in [0.3, 0.4) is 0 Å². The normalized spacial score (nSPS) is 19.1. The van der Waals surface area contributed by atoms with Gasteiger partial charge < -0.3 is 5.73 Å². The highest BCUT2D eigenvalue weighted by Gasteiger charge is 2.23. The molecule has 0 bridgehead atoms. The van der Waals surface area contributed by atoms with E-state index in [1.807, 2.05) is 0 Å². The molecule has 1 aliphatic rings. The van der Waals surface area contributed by atoms with Gasteiger partial charge in [-0.05, 0) is 30.7 Å². The van der Waals surface area contributed by atoms with Gasteiger partial charge in [-0.25, -0.2) is 13.1 Å². The molecule has 1 aliphatic heterocycles. The van der Waals surface area contributed by atoms with Crippen molar-refractivity contribution in [2.24, 2.45) is 5.73 Å². The molecule has 0 radical (unpaired) electrons. The van der Waals surface area contributed by atoms with Gasteiger partial charge in [0, 0.05) is 17.4 Å². The number of thioether (sulfide) groups is 1. The minimum Gasteiger partial charge on any atom is -0.320 e. The van der Waals surface area contributed by atoms with Crippen molar-refractivity contribution in [1.82, 2.24) is 4.72 Å². The summed E-state index contributed by atoms with van der Waals surface area (Å²) in [4.78, 5) is 0.233. The van der Waals surface area contributed by atoms with Crippen molar-refractivity contribution in [3.63, 3.8) is 0 Å². The molecule has 1 aromatic rings. The summed E-state index contributed by atoms with van der Waals surface area (Å²) >= 11 is 1.79. The lowest BCUT2D eigenvalue weighted by atomic mass is 10.2. The molecule has 108 valence electrons. The molecule has 3 N–H and O–H groups in total. The van der Waals surface area contributed by atoms with Crippen LogP contribution in [-0.4, -0.2) is 32.5 Å². The first-order chi connectivity index (χ1) is 9.63. The molecule has 1 atom stereocenters. The molecule has 1 unspecified atom stereocenters. The lowest BCUT2D eigenvalue weighted by molar-refractivity contribution is 0.543. The fourth-order valence-corrected chi connectivity index (χ4v) is 4.68. The molecule has 1 fully saturated rings. The lowest BCUT2D eigenvalue weighted by Crippen LogP contribution is -2.38. The van der Waals surface area contributed by atoms with Crippen molar-refractivity contribution in [2.45, 2.75) is 23.8 Å². The maximum absolute atomic E-state index is 12.5. The van der Waals surface area contributed by atoms with Gasteiger partial charge in [-0.1, -0.05) is 24.0 Å². The van der Waals surface area contributed by atoms with E-state index in [9.17, 15) is 8.42 Å². The maximum Gasteiger partial charge on any atom is 0.242 e. The van der Waals surface area contributed by atoms with Gasteiger partial charge >= 0.3 is 0 Å². The van der Waals surface area contributed by atoms with Crippen LogP contribution < -0.4 is 10.5 Å². The molecule has 6 heteroatoms. The van der Waals surface area contributed by atoms with Crippen molar-refractivity contribution in [2.75, 3.05) is 18.1 Å². The van der Waals surface area contributed by atoms with Crippen LogP contribution in [0.25, 0.3) is 0 Å². The zero-order valence-electron chi connectivity index (χ0n) is 11.1. The fourth-order valence-electron chi connectivity index (χ4n) is 2.07. The van der Waals surface area contributed by atoms with Crippen LogP contribution in [0, 0.1) is 11.8 Å². The molecular formula is C14H18N2O2S2. The minimum absolute atomic E-state index is 0.00859. The number of hydrogen-bond acceptors (Lipinski definition) is 4. The van der Waals surface area contributed by atoms with E-state index in [2.05, 4.69) is 16.6 Å². The summed E-state index contributed by atoms with van der Waals surface area (Å²) in [7, 11) is -3.53. The molecule has 4 nitrogen and oxygen atoms in total. The van der Waals surface area contributed by atoms with E-state index < -0.39 is 10.0 Å². The van der Waals surface area contributed by atoms with E-state index in [1.54, 1.807) is 36.0 Å². The van der Waals surface area contributed by atoms with Crippen molar-refractivity contribution < 1.29 is 8.42 Å². The maximum atomic E-state index is 12.5. The van der Waals surface area contributed by atoms with E-state index in [4.69, 9.17) is 5.73 Å². The van der Waals surface area contributed by atoms with Gasteiger partial charge in [-0.15, -0.1) is 0 Å². The molecule has 2 rings (SSSR count). The second-order valence-corrected chi connectivity index (χ2v) is 7.37. The van der Waals surface area contributed by atoms with Crippen LogP contribution in [0.2, 0.25) is 0 Å². The first-order valence-corrected chi connectivity index (χ1v) is 9.15. The standard InChI is InChI=1S/C14H18N2O2S2/c15-9-3-6-12-5-1-2-8-14(12)20(17,18)16-13-7-4-10-19-11-13/h1-2,5,8,13,16H,4,7,9-11,15H2. The third kappa shape index (κ3) is 4.00. The van der Waals surface area contributed by atoms with Crippen LogP contribution in [0.1, 0.15) is 18.4 Å². The molecular weight excluding hydrogens is 292 g/mol. The minimum atomic E-state index is -3.53. The fraction of sp³-hybridized carbons (Fsp3) is 0.429. The third-order valence-corrected chi connectivity index (χ3v) is 5.78. The average molecular weight is 310 g/mol. The SMILES string of the molecule is NCC#Cc1ccccc1S(=O)(=O)NC1CCCSC1. The number of sulfonamides is 1. The molecule has 0 aromatic heterocycles. The summed E-state index contributed by atoms with van der Waals surface area (Å²) in [6.45, 7) is 0.209. The predicted molar refractivity (Wildman–Crippen MR) is 83.0 cm³/mol. The number of hydrogen-bond donors (Lipinski definition) is 2. The van der Waals surface area contributed by atoms with Crippen LogP contribution in [0.15, 0.2) is 29.2 Å². The number of nitrogens with two attached hydrogens (primary N) is 1. The number of nitrogens with one attached hydrogen (secondary N) is 1. The van der Waals surface area contributed by atoms with E-state index in [0.717, 1.165) is 24.3 Å². The topological polar surface area (TPSA) is 72.2 Å². The summed E-state index contributed by atoms with van der Waals surface area (Å²) in [6.07, 6.45) is 1.94. The third-order valence-electron chi connectivity index (χ3n) is 2.98. The van der Waals surface area contributed by atoms with Gasteiger partial charge in [0.15, 0.2) is 0 Å². The Morgan fingerprint density at radius 3 is 2.90 bits per heavy atom. The van der Waals surface area contributed by atoms with Gasteiger partial charge in [0.1, 0.15) is 0 Å². The Labute approximate surface area is 124 Å². The van der Waals surface area contributed by atoms with Crippen molar-refractivity contribution in [1.29, 1.82) is 0 Å². The van der Waals surface area contributed by atoms with Gasteiger partial charge in [0.25, 0.3) is 0 Å². The van der Waals surface area contributed by atoms with Crippen molar-refractivity contribution in [3.8, 4) is 11.8 Å². The Kier molecular flexibility index (Phi) is 5.49. The van der Waals surface area contributed by atoms with Crippen LogP contribution >= 0.6 is 11.8 Å². The smallest absolute Gasteiger partial charge is 0.242 e. The Balaban J connectivity index is 2.24. The molecule has 1 heterocycles. The molecule has 20 heavy (non-hydrogen) atoms. The summed E-state index contributed by atoms with van der Waals surface area (Å²) in [5, 5.41) is 0. The van der Waals surface area contributed by atoms with Crippen LogP contribution in [0.4, 0.5) is 0 Å². The highest BCUT2D eigenvalue weighted by molar-refractivity contribution is 7.99. The van der Waals surface area contributed by atoms with Gasteiger partial charge in [0.2, 0.25) is 10.0 Å². The Hall–Kier alpha value is -1.000. The quantitative estimate of drug-likeness (QED) is 0.822. The van der Waals surface area contributed by atoms with Crippen molar-refractivity contribution in [3.05, 3.63) is 29.8 Å². The summed E-state index contributed by atoms with van der Waals surface area (Å²) in [5.41, 5.74) is 5.84. The first kappa shape index (κ1) is 15.4. The summed E-state index contributed by atoms with van der Waals surface area (Å²) in [5.74, 6) is 7.46. The average Bonchev–Trinajstić information content (AvgIpc) is 2.46. The van der Waals surface area contributed by atoms with Crippen molar-refractivity contribution >= 4 is 21.8 Å². The monoisotopic (exact) mass is 310 g/mol. The molecule has 0 spiro atoms. The Morgan fingerprint density at radius 2 is 2.20 bits per heavy atom. The zero-order valence-corrected chi connectivity index (χ0v) is 12.8. The molecule has 0 aliphatic carbocycles. The first-order valence-electron chi connectivity index (χ1n) is 6.51. The molecule has 1 saturated heterocycles. The Bertz CT molecular complexity index is 612. The van der Waals surface area contributed by atoms with E-state index in [0.29, 0.717) is 5.56 Å². The van der Waals surface area contributed by atoms with Gasteiger partial charge in [-0.2, -0.15) is 11.8 Å². The van der Waals surface area contributed by atoms with Crippen LogP contribution in [0.5, 0.6) is 0 Å². The highest BCUT2D eigenvalue weighted by Crippen LogP contribution is 2.20. The van der Waals surface area contributed by atoms with Gasteiger partial charge in [-0.3, -0.25) is 0 Å². The number of benzene rings is 1. The molecule has 0 saturated carbocycles. The summed E-state index contributed by atoms with van der Waals surface area (Å²) in [6, 6.07) is 6.77. The van der Waals surface area contributed by atoms with Crippen LogP contribution in [-0.2, 0) is 10.0 Å². The zero-order chi connectivity index (χ0) is 14.4. The second kappa shape index (κ2) is 7.14. The molecule has 0 amide bonds. The predicted octanol–water partition coefficient (Wildman–Crippen LogP) is 1.17. The van der Waals surface area contributed by atoms with E-state index in [-0.39, 0.29) is 17.5 Å². The van der Waals surface area contributed by atoms with Gasteiger partial charge in [0.05, 0.1) is 11.4 Å². The lowest BCUT2D eigenvalue weighted by Gasteiger charge is -2.22. The summed E-state index contributed by atoms with van der Waals surface area (Å²) < 4.78 is 27.7.